The van der Waals surface area contributed by atoms with Gasteiger partial charge in [-0.3, -0.25) is 4.79 Å². The third-order valence-corrected chi connectivity index (χ3v) is 5.27. The van der Waals surface area contributed by atoms with Crippen molar-refractivity contribution in [1.29, 1.82) is 0 Å². The van der Waals surface area contributed by atoms with Crippen molar-refractivity contribution in [3.63, 3.8) is 0 Å². The summed E-state index contributed by atoms with van der Waals surface area (Å²) in [5.41, 5.74) is 1.64. The van der Waals surface area contributed by atoms with Crippen molar-refractivity contribution in [2.75, 3.05) is 0 Å². The van der Waals surface area contributed by atoms with E-state index in [4.69, 9.17) is 9.15 Å². The number of ether oxygens (including phenoxy) is 1. The normalized spacial score (nSPS) is 14.5. The molecule has 1 aliphatic rings. The number of amides is 1. The first kappa shape index (κ1) is 19.0. The number of hydrogen-bond acceptors (Lipinski definition) is 5. The predicted octanol–water partition coefficient (Wildman–Crippen LogP) is 5.86. The van der Waals surface area contributed by atoms with E-state index >= 15 is 0 Å². The monoisotopic (exact) mass is 430 g/mol. The molecule has 152 valence electrons. The zero-order valence-corrected chi connectivity index (χ0v) is 16.9. The molecule has 0 unspecified atom stereocenters. The first-order valence-corrected chi connectivity index (χ1v) is 10.3. The molecule has 3 heterocycles. The van der Waals surface area contributed by atoms with Gasteiger partial charge in [0, 0.05) is 5.56 Å². The lowest BCUT2D eigenvalue weighted by molar-refractivity contribution is -0.115. The smallest absolute Gasteiger partial charge is 0.275 e. The maximum absolute atomic E-state index is 13.5. The van der Waals surface area contributed by atoms with Gasteiger partial charge >= 0.3 is 0 Å². The van der Waals surface area contributed by atoms with Crippen LogP contribution < -0.4 is 10.1 Å². The van der Waals surface area contributed by atoms with E-state index in [2.05, 4.69) is 10.3 Å². The topological polar surface area (TPSA) is 63.8 Å². The van der Waals surface area contributed by atoms with Crippen molar-refractivity contribution in [3.8, 4) is 22.1 Å². The van der Waals surface area contributed by atoms with Crippen LogP contribution in [0.2, 0.25) is 0 Å². The van der Waals surface area contributed by atoms with Gasteiger partial charge in [-0.25, -0.2) is 9.38 Å². The predicted molar refractivity (Wildman–Crippen MR) is 118 cm³/mol. The molecule has 0 spiro atoms. The van der Waals surface area contributed by atoms with E-state index < -0.39 is 0 Å². The van der Waals surface area contributed by atoms with E-state index in [1.807, 2.05) is 41.8 Å². The zero-order chi connectivity index (χ0) is 21.2. The maximum atomic E-state index is 13.5. The second-order valence-electron chi connectivity index (χ2n) is 6.72. The number of benzene rings is 2. The Bertz CT molecular complexity index is 1320. The molecule has 0 atom stereocenters. The van der Waals surface area contributed by atoms with Crippen molar-refractivity contribution < 1.29 is 18.3 Å². The Kier molecular flexibility index (Phi) is 4.93. The summed E-state index contributed by atoms with van der Waals surface area (Å²) in [5, 5.41) is 5.44. The number of furan rings is 1. The fourth-order valence-corrected chi connectivity index (χ4v) is 3.70. The molecule has 0 aliphatic carbocycles. The van der Waals surface area contributed by atoms with E-state index in [1.165, 1.54) is 23.5 Å². The minimum Gasteiger partial charge on any atom is -0.453 e. The Morgan fingerprint density at radius 3 is 2.71 bits per heavy atom. The minimum atomic E-state index is -0.350. The number of nitrogens with zero attached hydrogens (tertiary/aromatic N) is 1. The van der Waals surface area contributed by atoms with Gasteiger partial charge < -0.3 is 14.5 Å². The Labute approximate surface area is 181 Å². The summed E-state index contributed by atoms with van der Waals surface area (Å²) in [6.07, 6.45) is 1.68. The van der Waals surface area contributed by atoms with Gasteiger partial charge in [-0.05, 0) is 65.6 Å². The van der Waals surface area contributed by atoms with E-state index in [9.17, 15) is 9.18 Å². The molecule has 1 amide bonds. The number of aliphatic imine (C=N–C) groups is 1. The van der Waals surface area contributed by atoms with Crippen molar-refractivity contribution in [1.82, 2.24) is 5.32 Å². The number of thiophene rings is 1. The van der Waals surface area contributed by atoms with Gasteiger partial charge in [-0.15, -0.1) is 11.3 Å². The molecule has 5 nitrogen and oxygen atoms in total. The van der Waals surface area contributed by atoms with Crippen molar-refractivity contribution in [3.05, 3.63) is 101 Å². The number of halogens is 1. The van der Waals surface area contributed by atoms with Gasteiger partial charge in [0.25, 0.3) is 5.91 Å². The van der Waals surface area contributed by atoms with Gasteiger partial charge in [0.05, 0.1) is 0 Å². The Hall–Kier alpha value is -3.97. The molecule has 31 heavy (non-hydrogen) atoms. The zero-order valence-electron chi connectivity index (χ0n) is 16.0. The molecular formula is C24H15FN2O3S. The second kappa shape index (κ2) is 8.04. The van der Waals surface area contributed by atoms with Crippen LogP contribution in [0.4, 0.5) is 4.39 Å². The highest BCUT2D eigenvalue weighted by Crippen LogP contribution is 2.28. The summed E-state index contributed by atoms with van der Waals surface area (Å²) in [7, 11) is 0. The van der Waals surface area contributed by atoms with Gasteiger partial charge in [0.2, 0.25) is 0 Å². The van der Waals surface area contributed by atoms with Crippen LogP contribution in [-0.4, -0.2) is 11.7 Å². The minimum absolute atomic E-state index is 0.256. The summed E-state index contributed by atoms with van der Waals surface area (Å²) in [6.45, 7) is 0. The summed E-state index contributed by atoms with van der Waals surface area (Å²) in [5.74, 6) is 1.18. The van der Waals surface area contributed by atoms with Crippen molar-refractivity contribution >= 4 is 29.2 Å². The molecule has 1 N–H and O–H groups in total. The number of carbonyl (C=O) groups is 1. The van der Waals surface area contributed by atoms with Crippen LogP contribution in [0.25, 0.3) is 17.4 Å². The van der Waals surface area contributed by atoms with Crippen LogP contribution in [0.1, 0.15) is 11.3 Å². The van der Waals surface area contributed by atoms with Crippen molar-refractivity contribution in [2.24, 2.45) is 4.99 Å². The van der Waals surface area contributed by atoms with E-state index in [0.717, 1.165) is 10.6 Å². The lowest BCUT2D eigenvalue weighted by Crippen LogP contribution is -2.24. The first-order chi connectivity index (χ1) is 15.1. The van der Waals surface area contributed by atoms with E-state index in [1.54, 1.807) is 30.3 Å². The highest BCUT2D eigenvalue weighted by molar-refractivity contribution is 7.11. The first-order valence-electron chi connectivity index (χ1n) is 9.43. The summed E-state index contributed by atoms with van der Waals surface area (Å²) in [6, 6.07) is 20.7. The highest BCUT2D eigenvalue weighted by Gasteiger charge is 2.23. The highest BCUT2D eigenvalue weighted by atomic mass is 32.1. The van der Waals surface area contributed by atoms with Crippen LogP contribution in [0.15, 0.2) is 93.3 Å². The number of rotatable bonds is 5. The summed E-state index contributed by atoms with van der Waals surface area (Å²) < 4.78 is 25.0. The van der Waals surface area contributed by atoms with Gasteiger partial charge in [0.15, 0.2) is 16.7 Å². The summed E-state index contributed by atoms with van der Waals surface area (Å²) >= 11 is 1.50. The molecule has 0 radical (unpaired) electrons. The van der Waals surface area contributed by atoms with Gasteiger partial charge in [0.1, 0.15) is 23.0 Å². The largest absolute Gasteiger partial charge is 0.453 e. The average Bonchev–Trinajstić information content (AvgIpc) is 3.51. The van der Waals surface area contributed by atoms with Crippen molar-refractivity contribution in [2.45, 2.75) is 0 Å². The molecule has 5 rings (SSSR count). The van der Waals surface area contributed by atoms with Crippen LogP contribution >= 0.6 is 11.3 Å². The molecule has 1 aliphatic heterocycles. The Morgan fingerprint density at radius 2 is 1.87 bits per heavy atom. The SMILES string of the molecule is O=C1NC(c2ccc(-c3cccc(F)c3)o2)=N/C1=C\c1cccc(Oc2cccs2)c1. The summed E-state index contributed by atoms with van der Waals surface area (Å²) in [4.78, 5) is 16.8. The molecule has 4 aromatic rings. The second-order valence-corrected chi connectivity index (χ2v) is 7.64. The standard InChI is InChI=1S/C24H15FN2O3S/c25-17-6-2-5-16(14-17)20-9-10-21(30-20)23-26-19(24(28)27-23)13-15-4-1-7-18(12-15)29-22-8-3-11-31-22/h1-14H,(H,26,27,28)/b19-13-. The number of carbonyl (C=O) groups excluding carboxylic acids is 1. The molecule has 0 saturated heterocycles. The number of nitrogens with one attached hydrogen (secondary N) is 1. The molecule has 2 aromatic carbocycles. The molecule has 2 aromatic heterocycles. The molecular weight excluding hydrogens is 415 g/mol. The molecule has 0 fully saturated rings. The molecule has 0 bridgehead atoms. The quantitative estimate of drug-likeness (QED) is 0.404. The fourth-order valence-electron chi connectivity index (χ4n) is 3.11. The third-order valence-electron chi connectivity index (χ3n) is 4.52. The lowest BCUT2D eigenvalue weighted by atomic mass is 10.2. The Morgan fingerprint density at radius 1 is 1.00 bits per heavy atom. The van der Waals surface area contributed by atoms with Crippen LogP contribution in [-0.2, 0) is 4.79 Å². The number of amidine groups is 1. The van der Waals surface area contributed by atoms with Gasteiger partial charge in [-0.1, -0.05) is 24.3 Å². The Balaban J connectivity index is 1.39. The van der Waals surface area contributed by atoms with Crippen LogP contribution in [0.3, 0.4) is 0 Å². The van der Waals surface area contributed by atoms with Gasteiger partial charge in [-0.2, -0.15) is 0 Å². The molecule has 0 saturated carbocycles. The van der Waals surface area contributed by atoms with E-state index in [0.29, 0.717) is 28.7 Å². The van der Waals surface area contributed by atoms with Crippen LogP contribution in [0.5, 0.6) is 10.8 Å². The fraction of sp³-hybridized carbons (Fsp3) is 0. The lowest BCUT2D eigenvalue weighted by Gasteiger charge is -2.03. The third kappa shape index (κ3) is 4.17. The average molecular weight is 430 g/mol. The van der Waals surface area contributed by atoms with E-state index in [-0.39, 0.29) is 17.4 Å². The molecule has 7 heteroatoms. The maximum Gasteiger partial charge on any atom is 0.275 e. The number of hydrogen-bond donors (Lipinski definition) is 1. The van der Waals surface area contributed by atoms with Crippen LogP contribution in [0, 0.1) is 5.82 Å².